The number of hydrogen-bond acceptors (Lipinski definition) is 9. The number of carbonyl (C=O) groups is 3. The second kappa shape index (κ2) is 9.60. The van der Waals surface area contributed by atoms with E-state index in [9.17, 15) is 24.5 Å². The summed E-state index contributed by atoms with van der Waals surface area (Å²) in [6, 6.07) is 7.10. The Labute approximate surface area is 182 Å². The maximum Gasteiger partial charge on any atom is 0.303 e. The molecule has 3 rings (SSSR count). The molecule has 0 saturated carbocycles. The molecule has 0 aliphatic carbocycles. The number of ether oxygens (including phenoxy) is 4. The highest BCUT2D eigenvalue weighted by molar-refractivity contribution is 5.89. The van der Waals surface area contributed by atoms with Gasteiger partial charge in [0, 0.05) is 44.0 Å². The second-order valence-corrected chi connectivity index (χ2v) is 7.13. The van der Waals surface area contributed by atoms with Crippen molar-refractivity contribution in [1.29, 1.82) is 0 Å². The minimum absolute atomic E-state index is 0.132. The van der Waals surface area contributed by atoms with Crippen LogP contribution in [-0.2, 0) is 33.3 Å². The molecule has 1 aromatic heterocycles. The summed E-state index contributed by atoms with van der Waals surface area (Å²) < 4.78 is 23.6. The quantitative estimate of drug-likeness (QED) is 0.283. The minimum atomic E-state index is -1.15. The molecular weight excluding hydrogens is 424 g/mol. The van der Waals surface area contributed by atoms with Crippen molar-refractivity contribution in [2.45, 2.75) is 45.3 Å². The summed E-state index contributed by atoms with van der Waals surface area (Å²) in [6.45, 7) is 3.44. The first-order valence-electron chi connectivity index (χ1n) is 9.72. The highest BCUT2D eigenvalue weighted by Crippen LogP contribution is 2.35. The molecule has 1 aromatic carbocycles. The van der Waals surface area contributed by atoms with Crippen LogP contribution in [0.1, 0.15) is 32.6 Å². The van der Waals surface area contributed by atoms with Crippen molar-refractivity contribution < 1.29 is 38.3 Å². The van der Waals surface area contributed by atoms with Crippen molar-refractivity contribution in [3.8, 4) is 0 Å². The summed E-state index contributed by atoms with van der Waals surface area (Å²) in [5.41, 5.74) is 1.18. The number of hydrogen-bond donors (Lipinski definition) is 0. The minimum Gasteiger partial charge on any atom is -0.456 e. The number of para-hydroxylation sites is 1. The highest BCUT2D eigenvalue weighted by atomic mass is 16.6. The zero-order chi connectivity index (χ0) is 23.4. The molecule has 0 unspecified atom stereocenters. The van der Waals surface area contributed by atoms with Crippen LogP contribution in [-0.4, -0.2) is 52.3 Å². The third kappa shape index (κ3) is 5.11. The largest absolute Gasteiger partial charge is 0.456 e. The van der Waals surface area contributed by atoms with Crippen LogP contribution in [0.5, 0.6) is 0 Å². The third-order valence-electron chi connectivity index (χ3n) is 4.75. The van der Waals surface area contributed by atoms with Gasteiger partial charge in [-0.3, -0.25) is 24.5 Å². The number of nitrogens with zero attached hydrogens (tertiary/aromatic N) is 2. The Kier molecular flexibility index (Phi) is 6.89. The van der Waals surface area contributed by atoms with Gasteiger partial charge < -0.3 is 23.5 Å². The average molecular weight is 446 g/mol. The van der Waals surface area contributed by atoms with E-state index in [1.165, 1.54) is 26.8 Å². The fourth-order valence-corrected chi connectivity index (χ4v) is 3.68. The lowest BCUT2D eigenvalue weighted by molar-refractivity contribution is -0.400. The number of benzene rings is 1. The predicted octanol–water partition coefficient (Wildman–Crippen LogP) is 2.21. The Morgan fingerprint density at radius 1 is 1.06 bits per heavy atom. The maximum atomic E-state index is 11.9. The van der Waals surface area contributed by atoms with E-state index in [2.05, 4.69) is 0 Å². The standard InChI is InChI=1S/C21H22N2O9/c1-12(24)30-18-11-29-21(20(32-14(3)26)19(18)31-13(2)25)22-10-15(8-9-23(27)28)16-6-4-5-7-17(16)22/h4-10,18-21H,11H2,1-3H3/b9-8+/t18-,19-,20+,21+/m0/s1. The number of carbonyl (C=O) groups excluding carboxylic acids is 3. The highest BCUT2D eigenvalue weighted by Gasteiger charge is 2.47. The van der Waals surface area contributed by atoms with Crippen LogP contribution in [0.4, 0.5) is 0 Å². The van der Waals surface area contributed by atoms with Crippen molar-refractivity contribution in [3.05, 3.63) is 52.3 Å². The van der Waals surface area contributed by atoms with Gasteiger partial charge in [0.25, 0.3) is 0 Å². The summed E-state index contributed by atoms with van der Waals surface area (Å²) in [6.07, 6.45) is -0.465. The van der Waals surface area contributed by atoms with Crippen molar-refractivity contribution in [3.63, 3.8) is 0 Å². The van der Waals surface area contributed by atoms with Crippen molar-refractivity contribution in [2.24, 2.45) is 0 Å². The van der Waals surface area contributed by atoms with Crippen LogP contribution in [0, 0.1) is 10.1 Å². The molecule has 0 radical (unpaired) electrons. The molecule has 2 aromatic rings. The summed E-state index contributed by atoms with van der Waals surface area (Å²) in [5.74, 6) is -1.93. The molecule has 2 heterocycles. The van der Waals surface area contributed by atoms with Gasteiger partial charge in [-0.15, -0.1) is 0 Å². The van der Waals surface area contributed by atoms with E-state index >= 15 is 0 Å². The molecule has 170 valence electrons. The first-order valence-corrected chi connectivity index (χ1v) is 9.72. The van der Waals surface area contributed by atoms with Crippen LogP contribution in [0.3, 0.4) is 0 Å². The van der Waals surface area contributed by atoms with E-state index in [0.717, 1.165) is 6.20 Å². The zero-order valence-corrected chi connectivity index (χ0v) is 17.6. The second-order valence-electron chi connectivity index (χ2n) is 7.13. The lowest BCUT2D eigenvalue weighted by Gasteiger charge is -2.41. The predicted molar refractivity (Wildman–Crippen MR) is 110 cm³/mol. The summed E-state index contributed by atoms with van der Waals surface area (Å²) in [7, 11) is 0. The van der Waals surface area contributed by atoms with Gasteiger partial charge in [0.15, 0.2) is 24.5 Å². The van der Waals surface area contributed by atoms with E-state index < -0.39 is 47.4 Å². The van der Waals surface area contributed by atoms with E-state index in [1.807, 2.05) is 0 Å². The summed E-state index contributed by atoms with van der Waals surface area (Å²) in [5, 5.41) is 11.5. The van der Waals surface area contributed by atoms with E-state index in [4.69, 9.17) is 18.9 Å². The normalized spacial score (nSPS) is 23.1. The molecular formula is C21H22N2O9. The molecule has 11 heteroatoms. The van der Waals surface area contributed by atoms with Crippen molar-refractivity contribution in [2.75, 3.05) is 6.61 Å². The molecule has 4 atom stereocenters. The van der Waals surface area contributed by atoms with Gasteiger partial charge in [-0.05, 0) is 6.07 Å². The number of esters is 3. The van der Waals surface area contributed by atoms with Gasteiger partial charge >= 0.3 is 17.9 Å². The molecule has 32 heavy (non-hydrogen) atoms. The van der Waals surface area contributed by atoms with E-state index in [1.54, 1.807) is 35.0 Å². The monoisotopic (exact) mass is 446 g/mol. The molecule has 1 aliphatic rings. The van der Waals surface area contributed by atoms with E-state index in [0.29, 0.717) is 16.5 Å². The Hall–Kier alpha value is -3.73. The van der Waals surface area contributed by atoms with Gasteiger partial charge in [0.1, 0.15) is 0 Å². The molecule has 1 aliphatic heterocycles. The number of nitro groups is 1. The van der Waals surface area contributed by atoms with Gasteiger partial charge in [-0.1, -0.05) is 18.2 Å². The number of fused-ring (bicyclic) bond motifs is 1. The van der Waals surface area contributed by atoms with Crippen molar-refractivity contribution in [1.82, 2.24) is 4.57 Å². The van der Waals surface area contributed by atoms with Crippen LogP contribution < -0.4 is 0 Å². The third-order valence-corrected chi connectivity index (χ3v) is 4.75. The molecule has 11 nitrogen and oxygen atoms in total. The van der Waals surface area contributed by atoms with Crippen LogP contribution >= 0.6 is 0 Å². The number of aromatic nitrogens is 1. The average Bonchev–Trinajstić information content (AvgIpc) is 3.06. The first-order chi connectivity index (χ1) is 15.2. The molecule has 0 amide bonds. The molecule has 1 fully saturated rings. The zero-order valence-electron chi connectivity index (χ0n) is 17.6. The fraction of sp³-hybridized carbons (Fsp3) is 0.381. The van der Waals surface area contributed by atoms with Gasteiger partial charge in [-0.2, -0.15) is 0 Å². The van der Waals surface area contributed by atoms with Gasteiger partial charge in [0.2, 0.25) is 6.20 Å². The molecule has 0 N–H and O–H groups in total. The van der Waals surface area contributed by atoms with E-state index in [-0.39, 0.29) is 6.61 Å². The summed E-state index contributed by atoms with van der Waals surface area (Å²) >= 11 is 0. The SMILES string of the molecule is CC(=O)O[C@@H]1[C@@H](OC(C)=O)[C@H](n2cc(/C=C/[N+](=O)[O-])c3ccccc32)OC[C@@H]1OC(C)=O. The molecule has 0 bridgehead atoms. The Morgan fingerprint density at radius 3 is 2.31 bits per heavy atom. The fourth-order valence-electron chi connectivity index (χ4n) is 3.68. The topological polar surface area (TPSA) is 136 Å². The smallest absolute Gasteiger partial charge is 0.303 e. The van der Waals surface area contributed by atoms with Crippen LogP contribution in [0.2, 0.25) is 0 Å². The maximum absolute atomic E-state index is 11.9. The molecule has 1 saturated heterocycles. The molecule has 0 spiro atoms. The van der Waals surface area contributed by atoms with Crippen molar-refractivity contribution >= 4 is 34.9 Å². The summed E-state index contributed by atoms with van der Waals surface area (Å²) in [4.78, 5) is 45.4. The Balaban J connectivity index is 2.09. The first kappa shape index (κ1) is 22.9. The van der Waals surface area contributed by atoms with Crippen LogP contribution in [0.15, 0.2) is 36.7 Å². The Bertz CT molecular complexity index is 1070. The van der Waals surface area contributed by atoms with Gasteiger partial charge in [-0.25, -0.2) is 0 Å². The Morgan fingerprint density at radius 2 is 1.69 bits per heavy atom. The van der Waals surface area contributed by atoms with Gasteiger partial charge in [0.05, 0.1) is 17.0 Å². The lowest BCUT2D eigenvalue weighted by Crippen LogP contribution is -2.55. The van der Waals surface area contributed by atoms with Crippen LogP contribution in [0.25, 0.3) is 17.0 Å². The number of rotatable bonds is 6. The lowest BCUT2D eigenvalue weighted by atomic mass is 10.0.